The molecule has 0 radical (unpaired) electrons. The van der Waals surface area contributed by atoms with E-state index in [4.69, 9.17) is 0 Å². The summed E-state index contributed by atoms with van der Waals surface area (Å²) in [6, 6.07) is 6.00. The standard InChI is InChI=1S/C12H16BrNO2S/c1-9-4-2-6-11(12(9)13)14-10-5-3-7-17(15,16)8-10/h2,4,6,10,14H,3,5,7-8H2,1H3. The number of benzene rings is 1. The number of hydrogen-bond acceptors (Lipinski definition) is 3. The van der Waals surface area contributed by atoms with Crippen LogP contribution in [0.4, 0.5) is 5.69 Å². The van der Waals surface area contributed by atoms with E-state index in [1.54, 1.807) is 0 Å². The minimum atomic E-state index is -2.85. The summed E-state index contributed by atoms with van der Waals surface area (Å²) in [4.78, 5) is 0. The van der Waals surface area contributed by atoms with E-state index in [1.807, 2.05) is 25.1 Å². The molecular formula is C12H16BrNO2S. The average Bonchev–Trinajstić information content (AvgIpc) is 2.23. The summed E-state index contributed by atoms with van der Waals surface area (Å²) in [5.41, 5.74) is 2.13. The Morgan fingerprint density at radius 3 is 2.88 bits per heavy atom. The van der Waals surface area contributed by atoms with E-state index in [9.17, 15) is 8.42 Å². The molecule has 17 heavy (non-hydrogen) atoms. The maximum absolute atomic E-state index is 11.6. The molecule has 94 valence electrons. The van der Waals surface area contributed by atoms with Crippen LogP contribution < -0.4 is 5.32 Å². The zero-order chi connectivity index (χ0) is 12.5. The summed E-state index contributed by atoms with van der Waals surface area (Å²) in [6.45, 7) is 2.02. The van der Waals surface area contributed by atoms with Gasteiger partial charge in [-0.05, 0) is 47.3 Å². The van der Waals surface area contributed by atoms with Crippen molar-refractivity contribution in [3.8, 4) is 0 Å². The van der Waals surface area contributed by atoms with Gasteiger partial charge in [0.05, 0.1) is 11.5 Å². The van der Waals surface area contributed by atoms with Gasteiger partial charge in [0.25, 0.3) is 0 Å². The lowest BCUT2D eigenvalue weighted by Gasteiger charge is -2.24. The lowest BCUT2D eigenvalue weighted by molar-refractivity contribution is 0.562. The molecule has 5 heteroatoms. The fraction of sp³-hybridized carbons (Fsp3) is 0.500. The van der Waals surface area contributed by atoms with Crippen LogP contribution in [0.15, 0.2) is 22.7 Å². The lowest BCUT2D eigenvalue weighted by atomic mass is 10.1. The van der Waals surface area contributed by atoms with Gasteiger partial charge < -0.3 is 5.32 Å². The average molecular weight is 318 g/mol. The van der Waals surface area contributed by atoms with E-state index >= 15 is 0 Å². The van der Waals surface area contributed by atoms with Gasteiger partial charge in [-0.2, -0.15) is 0 Å². The molecule has 0 bridgehead atoms. The minimum Gasteiger partial charge on any atom is -0.380 e. The smallest absolute Gasteiger partial charge is 0.152 e. The largest absolute Gasteiger partial charge is 0.380 e. The van der Waals surface area contributed by atoms with E-state index in [0.29, 0.717) is 5.75 Å². The monoisotopic (exact) mass is 317 g/mol. The summed E-state index contributed by atoms with van der Waals surface area (Å²) in [7, 11) is -2.85. The van der Waals surface area contributed by atoms with Crippen LogP contribution in [0, 0.1) is 6.92 Å². The van der Waals surface area contributed by atoms with Gasteiger partial charge in [0, 0.05) is 16.2 Å². The Balaban J connectivity index is 2.13. The van der Waals surface area contributed by atoms with Crippen molar-refractivity contribution in [2.24, 2.45) is 0 Å². The van der Waals surface area contributed by atoms with E-state index in [2.05, 4.69) is 21.2 Å². The summed E-state index contributed by atoms with van der Waals surface area (Å²) >= 11 is 3.52. The molecule has 0 saturated carbocycles. The van der Waals surface area contributed by atoms with Gasteiger partial charge in [0.2, 0.25) is 0 Å². The van der Waals surface area contributed by atoms with E-state index in [0.717, 1.165) is 28.6 Å². The molecule has 2 rings (SSSR count). The summed E-state index contributed by atoms with van der Waals surface area (Å²) in [5, 5.41) is 3.32. The van der Waals surface area contributed by atoms with Crippen LogP contribution in [-0.4, -0.2) is 26.0 Å². The van der Waals surface area contributed by atoms with Gasteiger partial charge in [0.15, 0.2) is 9.84 Å². The maximum atomic E-state index is 11.6. The number of sulfone groups is 1. The van der Waals surface area contributed by atoms with Gasteiger partial charge in [-0.15, -0.1) is 0 Å². The number of rotatable bonds is 2. The molecule has 1 aromatic rings. The fourth-order valence-electron chi connectivity index (χ4n) is 2.12. The van der Waals surface area contributed by atoms with E-state index in [1.165, 1.54) is 0 Å². The summed E-state index contributed by atoms with van der Waals surface area (Å²) < 4.78 is 24.1. The fourth-order valence-corrected chi connectivity index (χ4v) is 4.13. The van der Waals surface area contributed by atoms with Crippen molar-refractivity contribution in [1.82, 2.24) is 0 Å². The Kier molecular flexibility index (Phi) is 3.78. The van der Waals surface area contributed by atoms with Gasteiger partial charge in [-0.25, -0.2) is 8.42 Å². The molecule has 1 N–H and O–H groups in total. The van der Waals surface area contributed by atoms with Crippen LogP contribution in [0.5, 0.6) is 0 Å². The molecule has 1 heterocycles. The number of aryl methyl sites for hydroxylation is 1. The Morgan fingerprint density at radius 2 is 2.18 bits per heavy atom. The number of hydrogen-bond donors (Lipinski definition) is 1. The third-order valence-corrected chi connectivity index (χ3v) is 5.89. The molecule has 1 aliphatic rings. The van der Waals surface area contributed by atoms with Gasteiger partial charge >= 0.3 is 0 Å². The summed E-state index contributed by atoms with van der Waals surface area (Å²) in [5.74, 6) is 0.577. The lowest BCUT2D eigenvalue weighted by Crippen LogP contribution is -2.34. The molecule has 3 nitrogen and oxygen atoms in total. The quantitative estimate of drug-likeness (QED) is 0.912. The summed E-state index contributed by atoms with van der Waals surface area (Å²) in [6.07, 6.45) is 1.67. The molecule has 0 spiro atoms. The third kappa shape index (κ3) is 3.22. The van der Waals surface area contributed by atoms with Crippen LogP contribution in [0.1, 0.15) is 18.4 Å². The molecule has 1 aromatic carbocycles. The minimum absolute atomic E-state index is 0.0341. The molecule has 1 saturated heterocycles. The van der Waals surface area contributed by atoms with Crippen LogP contribution in [-0.2, 0) is 9.84 Å². The Morgan fingerprint density at radius 1 is 1.41 bits per heavy atom. The molecule has 0 aromatic heterocycles. The predicted molar refractivity (Wildman–Crippen MR) is 74.2 cm³/mol. The maximum Gasteiger partial charge on any atom is 0.152 e. The number of nitrogens with one attached hydrogen (secondary N) is 1. The molecule has 1 fully saturated rings. The third-order valence-electron chi connectivity index (χ3n) is 3.01. The highest BCUT2D eigenvalue weighted by molar-refractivity contribution is 9.10. The van der Waals surface area contributed by atoms with Crippen LogP contribution in [0.3, 0.4) is 0 Å². The SMILES string of the molecule is Cc1cccc(NC2CCCS(=O)(=O)C2)c1Br. The highest BCUT2D eigenvalue weighted by atomic mass is 79.9. The van der Waals surface area contributed by atoms with Crippen LogP contribution in [0.2, 0.25) is 0 Å². The van der Waals surface area contributed by atoms with Crippen molar-refractivity contribution in [2.75, 3.05) is 16.8 Å². The number of halogens is 1. The molecule has 1 unspecified atom stereocenters. The number of anilines is 1. The van der Waals surface area contributed by atoms with Gasteiger partial charge in [0.1, 0.15) is 0 Å². The van der Waals surface area contributed by atoms with E-state index in [-0.39, 0.29) is 11.8 Å². The van der Waals surface area contributed by atoms with E-state index < -0.39 is 9.84 Å². The molecule has 1 atom stereocenters. The molecular weight excluding hydrogens is 302 g/mol. The van der Waals surface area contributed by atoms with Crippen molar-refractivity contribution in [2.45, 2.75) is 25.8 Å². The van der Waals surface area contributed by atoms with Crippen molar-refractivity contribution >= 4 is 31.5 Å². The molecule has 0 amide bonds. The zero-order valence-electron chi connectivity index (χ0n) is 9.74. The van der Waals surface area contributed by atoms with Crippen LogP contribution >= 0.6 is 15.9 Å². The first-order valence-electron chi connectivity index (χ1n) is 5.70. The Bertz CT molecular complexity index is 513. The first-order chi connectivity index (χ1) is 7.98. The highest BCUT2D eigenvalue weighted by Crippen LogP contribution is 2.27. The molecule has 0 aliphatic carbocycles. The van der Waals surface area contributed by atoms with Crippen molar-refractivity contribution < 1.29 is 8.42 Å². The Hall–Kier alpha value is -0.550. The van der Waals surface area contributed by atoms with Crippen LogP contribution in [0.25, 0.3) is 0 Å². The second kappa shape index (κ2) is 4.98. The normalized spacial score (nSPS) is 23.3. The highest BCUT2D eigenvalue weighted by Gasteiger charge is 2.24. The predicted octanol–water partition coefficient (Wildman–Crippen LogP) is 2.75. The molecule has 1 aliphatic heterocycles. The topological polar surface area (TPSA) is 46.2 Å². The van der Waals surface area contributed by atoms with Crippen molar-refractivity contribution in [1.29, 1.82) is 0 Å². The first-order valence-corrected chi connectivity index (χ1v) is 8.31. The first kappa shape index (κ1) is 12.9. The zero-order valence-corrected chi connectivity index (χ0v) is 12.1. The van der Waals surface area contributed by atoms with Gasteiger partial charge in [-0.3, -0.25) is 0 Å². The van der Waals surface area contributed by atoms with Crippen molar-refractivity contribution in [3.63, 3.8) is 0 Å². The van der Waals surface area contributed by atoms with Gasteiger partial charge in [-0.1, -0.05) is 12.1 Å². The second-order valence-electron chi connectivity index (χ2n) is 4.53. The Labute approximate surface area is 111 Å². The second-order valence-corrected chi connectivity index (χ2v) is 7.56. The van der Waals surface area contributed by atoms with Crippen molar-refractivity contribution in [3.05, 3.63) is 28.2 Å².